The van der Waals surface area contributed by atoms with E-state index in [0.29, 0.717) is 28.4 Å². The van der Waals surface area contributed by atoms with Gasteiger partial charge < -0.3 is 25.8 Å². The van der Waals surface area contributed by atoms with Gasteiger partial charge in [0.1, 0.15) is 11.5 Å². The van der Waals surface area contributed by atoms with E-state index in [1.165, 1.54) is 14.2 Å². The Kier molecular flexibility index (Phi) is 6.36. The number of benzene rings is 2. The minimum Gasteiger partial charge on any atom is -0.497 e. The minimum absolute atomic E-state index is 0.178. The predicted octanol–water partition coefficient (Wildman–Crippen LogP) is 2.24. The third-order valence-corrected chi connectivity index (χ3v) is 3.47. The number of carbonyl (C=O) groups excluding carboxylic acids is 2. The van der Waals surface area contributed by atoms with Crippen LogP contribution in [0.5, 0.6) is 11.5 Å². The molecule has 0 aliphatic heterocycles. The van der Waals surface area contributed by atoms with Crippen LogP contribution in [0.25, 0.3) is 0 Å². The first-order valence-electron chi connectivity index (χ1n) is 7.71. The summed E-state index contributed by atoms with van der Waals surface area (Å²) in [5.74, 6) is 0.418. The van der Waals surface area contributed by atoms with Crippen molar-refractivity contribution >= 4 is 23.2 Å². The summed E-state index contributed by atoms with van der Waals surface area (Å²) in [5, 5.41) is 5.51. The normalized spacial score (nSPS) is 10.0. The SMILES string of the molecule is COc1ccc(NC(=O)c2ccccc2OC)c(NC(=O)CCN)c1. The Morgan fingerprint density at radius 1 is 1.00 bits per heavy atom. The summed E-state index contributed by atoms with van der Waals surface area (Å²) in [6.45, 7) is 0.235. The summed E-state index contributed by atoms with van der Waals surface area (Å²) in [6.07, 6.45) is 0.178. The second-order valence-electron chi connectivity index (χ2n) is 5.15. The molecule has 0 heterocycles. The lowest BCUT2D eigenvalue weighted by atomic mass is 10.1. The lowest BCUT2D eigenvalue weighted by Gasteiger charge is -2.14. The molecule has 0 bridgehead atoms. The molecule has 0 fully saturated rings. The Labute approximate surface area is 146 Å². The van der Waals surface area contributed by atoms with Gasteiger partial charge in [-0.25, -0.2) is 0 Å². The molecule has 2 aromatic carbocycles. The molecule has 0 saturated heterocycles. The van der Waals surface area contributed by atoms with Crippen LogP contribution in [0.2, 0.25) is 0 Å². The first-order valence-corrected chi connectivity index (χ1v) is 7.71. The van der Waals surface area contributed by atoms with Crippen LogP contribution < -0.4 is 25.8 Å². The number of para-hydroxylation sites is 1. The van der Waals surface area contributed by atoms with Gasteiger partial charge in [-0.05, 0) is 24.3 Å². The smallest absolute Gasteiger partial charge is 0.259 e. The molecule has 7 heteroatoms. The zero-order valence-corrected chi connectivity index (χ0v) is 14.2. The number of anilines is 2. The molecule has 2 rings (SSSR count). The molecule has 2 amide bonds. The van der Waals surface area contributed by atoms with Crippen molar-refractivity contribution in [1.82, 2.24) is 0 Å². The Hall–Kier alpha value is -3.06. The molecule has 4 N–H and O–H groups in total. The van der Waals surface area contributed by atoms with Crippen LogP contribution in [0, 0.1) is 0 Å². The number of ether oxygens (including phenoxy) is 2. The van der Waals surface area contributed by atoms with Gasteiger partial charge in [0.25, 0.3) is 5.91 Å². The third-order valence-electron chi connectivity index (χ3n) is 3.47. The van der Waals surface area contributed by atoms with E-state index in [9.17, 15) is 9.59 Å². The van der Waals surface area contributed by atoms with Crippen molar-refractivity contribution in [1.29, 1.82) is 0 Å². The van der Waals surface area contributed by atoms with Crippen molar-refractivity contribution in [2.75, 3.05) is 31.4 Å². The van der Waals surface area contributed by atoms with Crippen LogP contribution in [0.15, 0.2) is 42.5 Å². The minimum atomic E-state index is -0.350. The highest BCUT2D eigenvalue weighted by Crippen LogP contribution is 2.28. The molecule has 7 nitrogen and oxygen atoms in total. The molecular weight excluding hydrogens is 322 g/mol. The highest BCUT2D eigenvalue weighted by molar-refractivity contribution is 6.08. The topological polar surface area (TPSA) is 103 Å². The van der Waals surface area contributed by atoms with E-state index in [2.05, 4.69) is 10.6 Å². The summed E-state index contributed by atoms with van der Waals surface area (Å²) in [6, 6.07) is 11.9. The van der Waals surface area contributed by atoms with Gasteiger partial charge in [-0.2, -0.15) is 0 Å². The Morgan fingerprint density at radius 3 is 2.44 bits per heavy atom. The molecule has 2 aromatic rings. The van der Waals surface area contributed by atoms with Gasteiger partial charge in [0.05, 0.1) is 31.2 Å². The van der Waals surface area contributed by atoms with Gasteiger partial charge in [0, 0.05) is 19.0 Å². The first-order chi connectivity index (χ1) is 12.1. The van der Waals surface area contributed by atoms with Crippen LogP contribution in [0.1, 0.15) is 16.8 Å². The molecule has 0 atom stereocenters. The Morgan fingerprint density at radius 2 is 1.76 bits per heavy atom. The molecule has 25 heavy (non-hydrogen) atoms. The maximum Gasteiger partial charge on any atom is 0.259 e. The van der Waals surface area contributed by atoms with Crippen molar-refractivity contribution in [3.8, 4) is 11.5 Å². The van der Waals surface area contributed by atoms with Crippen molar-refractivity contribution in [2.24, 2.45) is 5.73 Å². The van der Waals surface area contributed by atoms with E-state index in [1.807, 2.05) is 0 Å². The standard InChI is InChI=1S/C18H21N3O4/c1-24-12-7-8-14(15(11-12)20-17(22)9-10-19)21-18(23)13-5-3-4-6-16(13)25-2/h3-8,11H,9-10,19H2,1-2H3,(H,20,22)(H,21,23). The molecule has 132 valence electrons. The average Bonchev–Trinajstić information content (AvgIpc) is 2.63. The van der Waals surface area contributed by atoms with E-state index in [-0.39, 0.29) is 24.8 Å². The predicted molar refractivity (Wildman–Crippen MR) is 96.2 cm³/mol. The van der Waals surface area contributed by atoms with E-state index >= 15 is 0 Å². The lowest BCUT2D eigenvalue weighted by molar-refractivity contribution is -0.116. The van der Waals surface area contributed by atoms with Crippen LogP contribution in [0.3, 0.4) is 0 Å². The van der Waals surface area contributed by atoms with Gasteiger partial charge in [-0.15, -0.1) is 0 Å². The van der Waals surface area contributed by atoms with Crippen molar-refractivity contribution in [3.63, 3.8) is 0 Å². The zero-order valence-electron chi connectivity index (χ0n) is 14.2. The highest BCUT2D eigenvalue weighted by atomic mass is 16.5. The first kappa shape index (κ1) is 18.3. The number of carbonyl (C=O) groups is 2. The van der Waals surface area contributed by atoms with Crippen LogP contribution >= 0.6 is 0 Å². The van der Waals surface area contributed by atoms with E-state index in [0.717, 1.165) is 0 Å². The lowest BCUT2D eigenvalue weighted by Crippen LogP contribution is -2.19. The molecule has 0 aliphatic rings. The van der Waals surface area contributed by atoms with Crippen molar-refractivity contribution < 1.29 is 19.1 Å². The number of hydrogen-bond acceptors (Lipinski definition) is 5. The fraction of sp³-hybridized carbons (Fsp3) is 0.222. The molecule has 0 saturated carbocycles. The second kappa shape index (κ2) is 8.70. The number of methoxy groups -OCH3 is 2. The van der Waals surface area contributed by atoms with Crippen LogP contribution in [-0.2, 0) is 4.79 Å². The van der Waals surface area contributed by atoms with Gasteiger partial charge in [0.2, 0.25) is 5.91 Å². The number of rotatable bonds is 7. The summed E-state index contributed by atoms with van der Waals surface area (Å²) in [5.41, 5.74) is 6.66. The second-order valence-corrected chi connectivity index (χ2v) is 5.15. The molecule has 0 radical (unpaired) electrons. The van der Waals surface area contributed by atoms with Gasteiger partial charge in [0.15, 0.2) is 0 Å². The summed E-state index contributed by atoms with van der Waals surface area (Å²) in [4.78, 5) is 24.4. The number of hydrogen-bond donors (Lipinski definition) is 3. The van der Waals surface area contributed by atoms with Crippen molar-refractivity contribution in [3.05, 3.63) is 48.0 Å². The number of nitrogens with one attached hydrogen (secondary N) is 2. The summed E-state index contributed by atoms with van der Waals surface area (Å²) >= 11 is 0. The molecular formula is C18H21N3O4. The average molecular weight is 343 g/mol. The molecule has 0 aliphatic carbocycles. The van der Waals surface area contributed by atoms with E-state index in [4.69, 9.17) is 15.2 Å². The Balaban J connectivity index is 2.28. The van der Waals surface area contributed by atoms with Crippen LogP contribution in [-0.4, -0.2) is 32.6 Å². The maximum absolute atomic E-state index is 12.6. The van der Waals surface area contributed by atoms with Gasteiger partial charge in [-0.1, -0.05) is 12.1 Å². The van der Waals surface area contributed by atoms with Crippen LogP contribution in [0.4, 0.5) is 11.4 Å². The van der Waals surface area contributed by atoms with E-state index < -0.39 is 0 Å². The molecule has 0 spiro atoms. The van der Waals surface area contributed by atoms with Gasteiger partial charge >= 0.3 is 0 Å². The Bertz CT molecular complexity index is 762. The van der Waals surface area contributed by atoms with E-state index in [1.54, 1.807) is 42.5 Å². The zero-order chi connectivity index (χ0) is 18.2. The maximum atomic E-state index is 12.6. The summed E-state index contributed by atoms with van der Waals surface area (Å²) in [7, 11) is 3.02. The summed E-state index contributed by atoms with van der Waals surface area (Å²) < 4.78 is 10.4. The quantitative estimate of drug-likeness (QED) is 0.715. The largest absolute Gasteiger partial charge is 0.497 e. The van der Waals surface area contributed by atoms with Crippen molar-refractivity contribution in [2.45, 2.75) is 6.42 Å². The third kappa shape index (κ3) is 4.71. The fourth-order valence-corrected chi connectivity index (χ4v) is 2.23. The molecule has 0 unspecified atom stereocenters. The molecule has 0 aromatic heterocycles. The fourth-order valence-electron chi connectivity index (χ4n) is 2.23. The highest BCUT2D eigenvalue weighted by Gasteiger charge is 2.15. The van der Waals surface area contributed by atoms with Gasteiger partial charge in [-0.3, -0.25) is 9.59 Å². The number of amides is 2. The monoisotopic (exact) mass is 343 g/mol. The number of nitrogens with two attached hydrogens (primary N) is 1.